The molecule has 0 aromatic carbocycles. The van der Waals surface area contributed by atoms with Crippen molar-refractivity contribution >= 4 is 23.8 Å². The predicted molar refractivity (Wildman–Crippen MR) is 95.2 cm³/mol. The van der Waals surface area contributed by atoms with Gasteiger partial charge in [-0.3, -0.25) is 14.4 Å². The maximum absolute atomic E-state index is 12.4. The molecule has 3 rings (SSSR count). The third kappa shape index (κ3) is 4.41. The standard InChI is InChI=1S/C20H22F3NO6/c1-19(2)13(7-8-14(25)29-9-20(21,22)23)15(19)18(28)30-10-24-16(26)11-5-3-4-6-12(11)17(24)27/h7-8,13,15H,3-6,9-10H2,1-2H3/b8-7-/t13-,15-/m0/s1. The zero-order chi connectivity index (χ0) is 22.3. The molecule has 1 heterocycles. The largest absolute Gasteiger partial charge is 0.453 e. The lowest BCUT2D eigenvalue weighted by Crippen LogP contribution is -2.35. The summed E-state index contributed by atoms with van der Waals surface area (Å²) in [6.07, 6.45) is 0.304. The molecule has 164 valence electrons. The van der Waals surface area contributed by atoms with Gasteiger partial charge in [-0.25, -0.2) is 9.69 Å². The smallest absolute Gasteiger partial charge is 0.422 e. The van der Waals surface area contributed by atoms with E-state index in [9.17, 15) is 32.3 Å². The summed E-state index contributed by atoms with van der Waals surface area (Å²) in [7, 11) is 0. The average molecular weight is 429 g/mol. The maximum Gasteiger partial charge on any atom is 0.422 e. The number of amides is 2. The van der Waals surface area contributed by atoms with Gasteiger partial charge in [0.15, 0.2) is 13.3 Å². The van der Waals surface area contributed by atoms with Gasteiger partial charge in [0.2, 0.25) is 0 Å². The van der Waals surface area contributed by atoms with Crippen molar-refractivity contribution < 1.29 is 41.8 Å². The number of alkyl halides is 3. The van der Waals surface area contributed by atoms with E-state index >= 15 is 0 Å². The summed E-state index contributed by atoms with van der Waals surface area (Å²) in [6, 6.07) is 0. The molecule has 0 aromatic heterocycles. The van der Waals surface area contributed by atoms with Crippen LogP contribution in [0.2, 0.25) is 0 Å². The van der Waals surface area contributed by atoms with Crippen molar-refractivity contribution in [1.82, 2.24) is 4.90 Å². The van der Waals surface area contributed by atoms with Gasteiger partial charge in [-0.15, -0.1) is 0 Å². The highest BCUT2D eigenvalue weighted by Crippen LogP contribution is 2.59. The van der Waals surface area contributed by atoms with E-state index < -0.39 is 60.5 Å². The predicted octanol–water partition coefficient (Wildman–Crippen LogP) is 2.66. The molecule has 0 unspecified atom stereocenters. The molecule has 2 amide bonds. The van der Waals surface area contributed by atoms with Crippen molar-refractivity contribution in [2.45, 2.75) is 45.7 Å². The molecule has 0 N–H and O–H groups in total. The highest BCUT2D eigenvalue weighted by Gasteiger charge is 2.61. The fourth-order valence-electron chi connectivity index (χ4n) is 4.00. The van der Waals surface area contributed by atoms with Crippen molar-refractivity contribution in [3.8, 4) is 0 Å². The Morgan fingerprint density at radius 1 is 1.10 bits per heavy atom. The molecule has 1 fully saturated rings. The van der Waals surface area contributed by atoms with Gasteiger partial charge in [-0.1, -0.05) is 19.9 Å². The summed E-state index contributed by atoms with van der Waals surface area (Å²) in [4.78, 5) is 49.5. The van der Waals surface area contributed by atoms with E-state index in [4.69, 9.17) is 4.74 Å². The maximum atomic E-state index is 12.4. The lowest BCUT2D eigenvalue weighted by atomic mass is 9.93. The molecule has 1 aliphatic heterocycles. The van der Waals surface area contributed by atoms with Gasteiger partial charge in [-0.05, 0) is 37.0 Å². The van der Waals surface area contributed by atoms with Crippen LogP contribution in [0.3, 0.4) is 0 Å². The van der Waals surface area contributed by atoms with Crippen LogP contribution < -0.4 is 0 Å². The van der Waals surface area contributed by atoms with Gasteiger partial charge < -0.3 is 9.47 Å². The van der Waals surface area contributed by atoms with E-state index in [-0.39, 0.29) is 0 Å². The summed E-state index contributed by atoms with van der Waals surface area (Å²) in [5.41, 5.74) is 0.397. The van der Waals surface area contributed by atoms with Gasteiger partial charge in [-0.2, -0.15) is 13.2 Å². The molecule has 0 spiro atoms. The molecule has 0 radical (unpaired) electrons. The average Bonchev–Trinajstić information content (AvgIpc) is 3.14. The molecule has 10 heteroatoms. The zero-order valence-electron chi connectivity index (χ0n) is 16.6. The van der Waals surface area contributed by atoms with Crippen molar-refractivity contribution in [2.24, 2.45) is 17.3 Å². The number of carbonyl (C=O) groups is 4. The fourth-order valence-corrected chi connectivity index (χ4v) is 4.00. The molecule has 0 bridgehead atoms. The van der Waals surface area contributed by atoms with Crippen molar-refractivity contribution in [2.75, 3.05) is 13.3 Å². The molecule has 30 heavy (non-hydrogen) atoms. The quantitative estimate of drug-likeness (QED) is 0.366. The number of rotatable bonds is 6. The van der Waals surface area contributed by atoms with Crippen LogP contribution in [0.1, 0.15) is 39.5 Å². The molecule has 7 nitrogen and oxygen atoms in total. The van der Waals surface area contributed by atoms with E-state index in [1.165, 1.54) is 6.08 Å². The topological polar surface area (TPSA) is 90.0 Å². The fraction of sp³-hybridized carbons (Fsp3) is 0.600. The highest BCUT2D eigenvalue weighted by atomic mass is 19.4. The summed E-state index contributed by atoms with van der Waals surface area (Å²) in [5.74, 6) is -3.77. The Bertz CT molecular complexity index is 814. The minimum absolute atomic E-state index is 0.429. The third-order valence-corrected chi connectivity index (χ3v) is 5.79. The summed E-state index contributed by atoms with van der Waals surface area (Å²) in [6.45, 7) is 1.30. The summed E-state index contributed by atoms with van der Waals surface area (Å²) < 4.78 is 45.5. The van der Waals surface area contributed by atoms with E-state index in [1.54, 1.807) is 13.8 Å². The Morgan fingerprint density at radius 2 is 1.67 bits per heavy atom. The van der Waals surface area contributed by atoms with Gasteiger partial charge in [0.1, 0.15) is 0 Å². The first-order valence-corrected chi connectivity index (χ1v) is 9.60. The first-order valence-electron chi connectivity index (χ1n) is 9.60. The second kappa shape index (κ2) is 7.88. The van der Waals surface area contributed by atoms with Crippen LogP contribution in [-0.2, 0) is 28.7 Å². The number of imide groups is 1. The number of carbonyl (C=O) groups excluding carboxylic acids is 4. The van der Waals surface area contributed by atoms with E-state index in [1.807, 2.05) is 0 Å². The van der Waals surface area contributed by atoms with Gasteiger partial charge in [0, 0.05) is 17.2 Å². The number of hydrogen-bond donors (Lipinski definition) is 0. The molecule has 0 saturated heterocycles. The van der Waals surface area contributed by atoms with Crippen molar-refractivity contribution in [3.05, 3.63) is 23.3 Å². The van der Waals surface area contributed by atoms with Gasteiger partial charge in [0.05, 0.1) is 5.92 Å². The second-order valence-corrected chi connectivity index (χ2v) is 8.20. The minimum Gasteiger partial charge on any atom is -0.453 e. The number of allylic oxidation sites excluding steroid dienone is 1. The molecular weight excluding hydrogens is 407 g/mol. The van der Waals surface area contributed by atoms with Crippen LogP contribution in [0, 0.1) is 17.3 Å². The summed E-state index contributed by atoms with van der Waals surface area (Å²) >= 11 is 0. The third-order valence-electron chi connectivity index (χ3n) is 5.79. The molecule has 2 atom stereocenters. The molecule has 2 aliphatic carbocycles. The van der Waals surface area contributed by atoms with Crippen molar-refractivity contribution in [3.63, 3.8) is 0 Å². The number of hydrogen-bond acceptors (Lipinski definition) is 6. The highest BCUT2D eigenvalue weighted by molar-refractivity contribution is 6.19. The Hall–Kier alpha value is -2.65. The van der Waals surface area contributed by atoms with E-state index in [0.29, 0.717) is 24.0 Å². The minimum atomic E-state index is -4.62. The second-order valence-electron chi connectivity index (χ2n) is 8.20. The Morgan fingerprint density at radius 3 is 2.20 bits per heavy atom. The normalized spacial score (nSPS) is 25.6. The molecular formula is C20H22F3NO6. The zero-order valence-corrected chi connectivity index (χ0v) is 16.6. The van der Waals surface area contributed by atoms with Crippen LogP contribution in [-0.4, -0.2) is 48.2 Å². The number of halogens is 3. The lowest BCUT2D eigenvalue weighted by molar-refractivity contribution is -0.182. The molecule has 0 aromatic rings. The Balaban J connectivity index is 1.52. The number of esters is 2. The van der Waals surface area contributed by atoms with Crippen molar-refractivity contribution in [1.29, 1.82) is 0 Å². The van der Waals surface area contributed by atoms with E-state index in [0.717, 1.165) is 23.8 Å². The molecule has 3 aliphatic rings. The first kappa shape index (κ1) is 22.0. The lowest BCUT2D eigenvalue weighted by Gasteiger charge is -2.15. The van der Waals surface area contributed by atoms with E-state index in [2.05, 4.69) is 4.74 Å². The SMILES string of the molecule is CC1(C)[C@H](C(=O)OCN2C(=O)C3=C(CCCC3)C2=O)[C@@H]1/C=C\C(=O)OCC(F)(F)F. The van der Waals surface area contributed by atoms with Crippen LogP contribution >= 0.6 is 0 Å². The molecule has 1 saturated carbocycles. The van der Waals surface area contributed by atoms with Crippen LogP contribution in [0.15, 0.2) is 23.3 Å². The van der Waals surface area contributed by atoms with Crippen LogP contribution in [0.5, 0.6) is 0 Å². The Kier molecular flexibility index (Phi) is 5.79. The first-order chi connectivity index (χ1) is 13.9. The summed E-state index contributed by atoms with van der Waals surface area (Å²) in [5, 5.41) is 0. The van der Waals surface area contributed by atoms with Gasteiger partial charge >= 0.3 is 18.1 Å². The number of ether oxygens (including phenoxy) is 2. The Labute approximate surface area is 170 Å². The van der Waals surface area contributed by atoms with Gasteiger partial charge in [0.25, 0.3) is 11.8 Å². The van der Waals surface area contributed by atoms with Crippen LogP contribution in [0.25, 0.3) is 0 Å². The number of nitrogens with zero attached hydrogens (tertiary/aromatic N) is 1. The monoisotopic (exact) mass is 429 g/mol. The van der Waals surface area contributed by atoms with Crippen LogP contribution in [0.4, 0.5) is 13.2 Å².